The van der Waals surface area contributed by atoms with Crippen molar-refractivity contribution in [1.82, 2.24) is 0 Å². The van der Waals surface area contributed by atoms with E-state index in [0.29, 0.717) is 0 Å². The van der Waals surface area contributed by atoms with Crippen molar-refractivity contribution in [3.05, 3.63) is 0 Å². The SMILES string of the molecule is O=C(O)C[Te]CC(=O)O. The van der Waals surface area contributed by atoms with Gasteiger partial charge in [0.2, 0.25) is 0 Å². The van der Waals surface area contributed by atoms with Crippen molar-refractivity contribution in [2.24, 2.45) is 0 Å². The number of rotatable bonds is 4. The first-order valence-corrected chi connectivity index (χ1v) is 5.44. The number of hydrogen-bond donors (Lipinski definition) is 2. The zero-order chi connectivity index (χ0) is 7.28. The summed E-state index contributed by atoms with van der Waals surface area (Å²) in [6, 6.07) is 0. The van der Waals surface area contributed by atoms with E-state index in [2.05, 4.69) is 0 Å². The summed E-state index contributed by atoms with van der Waals surface area (Å²) in [6.45, 7) is 0. The van der Waals surface area contributed by atoms with Gasteiger partial charge in [0, 0.05) is 0 Å². The van der Waals surface area contributed by atoms with Crippen molar-refractivity contribution in [2.75, 3.05) is 0 Å². The maximum atomic E-state index is 9.82. The first kappa shape index (κ1) is 8.73. The van der Waals surface area contributed by atoms with Crippen LogP contribution in [0.25, 0.3) is 0 Å². The maximum absolute atomic E-state index is 9.82. The van der Waals surface area contributed by atoms with Crippen molar-refractivity contribution in [3.63, 3.8) is 0 Å². The second-order valence-electron chi connectivity index (χ2n) is 1.28. The minimum atomic E-state index is -0.890. The van der Waals surface area contributed by atoms with Gasteiger partial charge in [-0.3, -0.25) is 0 Å². The summed E-state index contributed by atoms with van der Waals surface area (Å²) in [5.41, 5.74) is 0. The standard InChI is InChI=1S/C4H6O4Te/c5-3(6)1-9-2-4(7)8/h1-2H2,(H,5,6)(H,7,8). The van der Waals surface area contributed by atoms with E-state index in [1.54, 1.807) is 0 Å². The molecule has 0 amide bonds. The normalized spacial score (nSPS) is 8.89. The van der Waals surface area contributed by atoms with E-state index in [0.717, 1.165) is 0 Å². The van der Waals surface area contributed by atoms with Crippen molar-refractivity contribution in [1.29, 1.82) is 0 Å². The fourth-order valence-electron chi connectivity index (χ4n) is 0.226. The summed E-state index contributed by atoms with van der Waals surface area (Å²) in [5.74, 6) is -1.78. The van der Waals surface area contributed by atoms with Crippen LogP contribution < -0.4 is 0 Å². The van der Waals surface area contributed by atoms with E-state index in [9.17, 15) is 9.59 Å². The van der Waals surface area contributed by atoms with Gasteiger partial charge in [-0.15, -0.1) is 0 Å². The minimum absolute atomic E-state index is 0.0668. The topological polar surface area (TPSA) is 74.6 Å². The van der Waals surface area contributed by atoms with Crippen LogP contribution in [0, 0.1) is 0 Å². The van der Waals surface area contributed by atoms with Crippen molar-refractivity contribution in [3.8, 4) is 0 Å². The zero-order valence-corrected chi connectivity index (χ0v) is 6.86. The Morgan fingerprint density at radius 1 is 1.11 bits per heavy atom. The molecule has 0 saturated carbocycles. The van der Waals surface area contributed by atoms with Crippen LogP contribution in [-0.2, 0) is 9.59 Å². The number of carbonyl (C=O) groups is 2. The van der Waals surface area contributed by atoms with Gasteiger partial charge in [-0.05, 0) is 0 Å². The van der Waals surface area contributed by atoms with E-state index in [1.165, 1.54) is 0 Å². The van der Waals surface area contributed by atoms with Crippen molar-refractivity contribution < 1.29 is 19.8 Å². The van der Waals surface area contributed by atoms with Crippen LogP contribution in [0.3, 0.4) is 0 Å². The molecule has 0 aromatic rings. The fourth-order valence-corrected chi connectivity index (χ4v) is 1.51. The Balaban J connectivity index is 3.10. The summed E-state index contributed by atoms with van der Waals surface area (Å²) in [5, 5.41) is 16.1. The van der Waals surface area contributed by atoms with Crippen LogP contribution in [-0.4, -0.2) is 43.1 Å². The van der Waals surface area contributed by atoms with Gasteiger partial charge in [-0.25, -0.2) is 0 Å². The van der Waals surface area contributed by atoms with Gasteiger partial charge < -0.3 is 0 Å². The van der Waals surface area contributed by atoms with Crippen LogP contribution in [0.2, 0.25) is 8.94 Å². The second kappa shape index (κ2) is 4.59. The third-order valence-electron chi connectivity index (χ3n) is 0.451. The van der Waals surface area contributed by atoms with Gasteiger partial charge in [-0.2, -0.15) is 0 Å². The van der Waals surface area contributed by atoms with E-state index in [4.69, 9.17) is 10.2 Å². The van der Waals surface area contributed by atoms with Crippen LogP contribution in [0.4, 0.5) is 0 Å². The van der Waals surface area contributed by atoms with Gasteiger partial charge in [0.25, 0.3) is 0 Å². The number of carboxylic acid groups (broad SMARTS) is 2. The molecule has 0 aromatic carbocycles. The van der Waals surface area contributed by atoms with Gasteiger partial charge in [0.15, 0.2) is 0 Å². The Labute approximate surface area is 61.9 Å². The summed E-state index contributed by atoms with van der Waals surface area (Å²) in [7, 11) is 0. The molecule has 0 aromatic heterocycles. The molecule has 52 valence electrons. The first-order valence-electron chi connectivity index (χ1n) is 2.14. The molecule has 0 heterocycles. The Morgan fingerprint density at radius 2 is 1.44 bits per heavy atom. The van der Waals surface area contributed by atoms with Gasteiger partial charge in [0.1, 0.15) is 0 Å². The average molecular weight is 246 g/mol. The Bertz CT molecular complexity index is 108. The summed E-state index contributed by atoms with van der Waals surface area (Å²) in [4.78, 5) is 19.6. The molecule has 4 nitrogen and oxygen atoms in total. The van der Waals surface area contributed by atoms with E-state index < -0.39 is 32.9 Å². The average Bonchev–Trinajstić information content (AvgIpc) is 1.63. The van der Waals surface area contributed by atoms with Crippen molar-refractivity contribution in [2.45, 2.75) is 8.94 Å². The number of hydrogen-bond acceptors (Lipinski definition) is 2. The van der Waals surface area contributed by atoms with Crippen molar-refractivity contribution >= 4 is 32.9 Å². The number of carboxylic acids is 2. The van der Waals surface area contributed by atoms with E-state index >= 15 is 0 Å². The summed E-state index contributed by atoms with van der Waals surface area (Å²) in [6.07, 6.45) is 0. The Morgan fingerprint density at radius 3 is 1.67 bits per heavy atom. The predicted octanol–water partition coefficient (Wildman–Crippen LogP) is -0.304. The fraction of sp³-hybridized carbons (Fsp3) is 0.500. The summed E-state index contributed by atoms with van der Waals surface area (Å²) < 4.78 is 0.134. The molecule has 2 N–H and O–H groups in total. The second-order valence-corrected chi connectivity index (χ2v) is 4.09. The first-order chi connectivity index (χ1) is 4.13. The van der Waals surface area contributed by atoms with E-state index in [1.807, 2.05) is 0 Å². The molecule has 0 saturated heterocycles. The number of aliphatic carboxylic acids is 2. The molecule has 0 rings (SSSR count). The molecule has 0 aliphatic heterocycles. The molecule has 0 unspecified atom stereocenters. The van der Waals surface area contributed by atoms with E-state index in [-0.39, 0.29) is 8.94 Å². The molecular weight excluding hydrogens is 240 g/mol. The predicted molar refractivity (Wildman–Crippen MR) is 30.6 cm³/mol. The molecule has 0 fully saturated rings. The summed E-state index contributed by atoms with van der Waals surface area (Å²) >= 11 is -0.813. The molecule has 0 atom stereocenters. The Hall–Kier alpha value is -0.270. The molecular formula is C4H6O4Te. The molecule has 0 bridgehead atoms. The molecule has 0 radical (unpaired) electrons. The van der Waals surface area contributed by atoms with Crippen LogP contribution in [0.15, 0.2) is 0 Å². The quantitative estimate of drug-likeness (QED) is 0.667. The van der Waals surface area contributed by atoms with Crippen LogP contribution in [0.1, 0.15) is 0 Å². The van der Waals surface area contributed by atoms with Gasteiger partial charge in [0.05, 0.1) is 0 Å². The van der Waals surface area contributed by atoms with Gasteiger partial charge >= 0.3 is 61.6 Å². The molecule has 5 heteroatoms. The third kappa shape index (κ3) is 7.73. The van der Waals surface area contributed by atoms with Crippen LogP contribution >= 0.6 is 0 Å². The molecule has 0 spiro atoms. The molecule has 9 heavy (non-hydrogen) atoms. The molecule has 0 aliphatic carbocycles. The monoisotopic (exact) mass is 248 g/mol. The zero-order valence-electron chi connectivity index (χ0n) is 4.53. The van der Waals surface area contributed by atoms with Crippen LogP contribution in [0.5, 0.6) is 0 Å². The molecule has 0 aliphatic rings. The Kier molecular flexibility index (Phi) is 4.46. The third-order valence-corrected chi connectivity index (χ3v) is 3.03. The van der Waals surface area contributed by atoms with Gasteiger partial charge in [-0.1, -0.05) is 0 Å².